The maximum atomic E-state index is 12.3. The minimum Gasteiger partial charge on any atom is -0.393 e. The first-order valence-electron chi connectivity index (χ1n) is 9.10. The second kappa shape index (κ2) is 7.85. The Morgan fingerprint density at radius 1 is 0.897 bits per heavy atom. The van der Waals surface area contributed by atoms with Crippen molar-refractivity contribution in [2.75, 3.05) is 16.5 Å². The van der Waals surface area contributed by atoms with Gasteiger partial charge in [0, 0.05) is 16.6 Å². The molecule has 4 rings (SSSR count). The molecule has 0 unspecified atom stereocenters. The SMILES string of the molecule is Cc1ccc(C(=O)NNc2ncnc(Nc3cccc4ccccc34)c2N)cc1. The Hall–Kier alpha value is -4.13. The number of benzene rings is 3. The van der Waals surface area contributed by atoms with Gasteiger partial charge in [-0.15, -0.1) is 0 Å². The van der Waals surface area contributed by atoms with Crippen molar-refractivity contribution in [1.82, 2.24) is 15.4 Å². The lowest BCUT2D eigenvalue weighted by Gasteiger charge is -2.14. The van der Waals surface area contributed by atoms with Gasteiger partial charge in [0.15, 0.2) is 11.6 Å². The molecule has 0 atom stereocenters. The van der Waals surface area contributed by atoms with Gasteiger partial charge >= 0.3 is 0 Å². The van der Waals surface area contributed by atoms with E-state index in [-0.39, 0.29) is 5.91 Å². The number of hydrogen-bond donors (Lipinski definition) is 4. The van der Waals surface area contributed by atoms with Crippen molar-refractivity contribution < 1.29 is 4.79 Å². The molecular weight excluding hydrogens is 364 g/mol. The topological polar surface area (TPSA) is 105 Å². The van der Waals surface area contributed by atoms with E-state index in [4.69, 9.17) is 5.73 Å². The molecule has 0 radical (unpaired) electrons. The highest BCUT2D eigenvalue weighted by Crippen LogP contribution is 2.29. The van der Waals surface area contributed by atoms with Crippen LogP contribution < -0.4 is 21.9 Å². The second-order valence-electron chi connectivity index (χ2n) is 6.58. The van der Waals surface area contributed by atoms with E-state index in [1.54, 1.807) is 12.1 Å². The minimum absolute atomic E-state index is 0.286. The van der Waals surface area contributed by atoms with Crippen LogP contribution in [-0.4, -0.2) is 15.9 Å². The van der Waals surface area contributed by atoms with Crippen molar-refractivity contribution in [2.45, 2.75) is 6.92 Å². The van der Waals surface area contributed by atoms with Crippen LogP contribution in [-0.2, 0) is 0 Å². The highest BCUT2D eigenvalue weighted by Gasteiger charge is 2.11. The summed E-state index contributed by atoms with van der Waals surface area (Å²) in [7, 11) is 0. The maximum absolute atomic E-state index is 12.3. The summed E-state index contributed by atoms with van der Waals surface area (Å²) in [6, 6.07) is 21.2. The molecule has 0 spiro atoms. The molecule has 7 heteroatoms. The molecule has 1 heterocycles. The molecule has 0 aliphatic rings. The van der Waals surface area contributed by atoms with Crippen LogP contribution in [0.25, 0.3) is 10.8 Å². The lowest BCUT2D eigenvalue weighted by atomic mass is 10.1. The van der Waals surface area contributed by atoms with Crippen molar-refractivity contribution in [3.05, 3.63) is 84.2 Å². The number of carbonyl (C=O) groups is 1. The zero-order chi connectivity index (χ0) is 20.2. The van der Waals surface area contributed by atoms with E-state index < -0.39 is 0 Å². The van der Waals surface area contributed by atoms with Crippen LogP contribution in [0.3, 0.4) is 0 Å². The number of nitrogens with two attached hydrogens (primary N) is 1. The fourth-order valence-electron chi connectivity index (χ4n) is 2.95. The average molecular weight is 384 g/mol. The summed E-state index contributed by atoms with van der Waals surface area (Å²) in [6.45, 7) is 1.96. The van der Waals surface area contributed by atoms with E-state index in [1.807, 2.05) is 61.5 Å². The van der Waals surface area contributed by atoms with Gasteiger partial charge in [-0.3, -0.25) is 15.6 Å². The van der Waals surface area contributed by atoms with Crippen LogP contribution in [0.4, 0.5) is 23.0 Å². The number of nitrogens with zero attached hydrogens (tertiary/aromatic N) is 2. The average Bonchev–Trinajstić information content (AvgIpc) is 2.75. The number of hydrazine groups is 1. The molecule has 5 N–H and O–H groups in total. The fourth-order valence-corrected chi connectivity index (χ4v) is 2.95. The fraction of sp³-hybridized carbons (Fsp3) is 0.0455. The van der Waals surface area contributed by atoms with Crippen molar-refractivity contribution in [3.63, 3.8) is 0 Å². The lowest BCUT2D eigenvalue weighted by Crippen LogP contribution is -2.30. The maximum Gasteiger partial charge on any atom is 0.269 e. The van der Waals surface area contributed by atoms with E-state index in [9.17, 15) is 4.79 Å². The number of rotatable bonds is 5. The van der Waals surface area contributed by atoms with Gasteiger partial charge in [0.1, 0.15) is 12.0 Å². The molecule has 0 aliphatic heterocycles. The third-order valence-corrected chi connectivity index (χ3v) is 4.53. The smallest absolute Gasteiger partial charge is 0.269 e. The summed E-state index contributed by atoms with van der Waals surface area (Å²) in [4.78, 5) is 20.6. The van der Waals surface area contributed by atoms with E-state index in [0.29, 0.717) is 22.9 Å². The van der Waals surface area contributed by atoms with Gasteiger partial charge in [-0.1, -0.05) is 54.1 Å². The molecule has 4 aromatic rings. The van der Waals surface area contributed by atoms with Gasteiger partial charge in [0.2, 0.25) is 0 Å². The molecule has 0 saturated carbocycles. The van der Waals surface area contributed by atoms with Crippen LogP contribution >= 0.6 is 0 Å². The number of fused-ring (bicyclic) bond motifs is 1. The summed E-state index contributed by atoms with van der Waals surface area (Å²) in [6.07, 6.45) is 1.38. The minimum atomic E-state index is -0.286. The zero-order valence-electron chi connectivity index (χ0n) is 15.8. The molecule has 3 aromatic carbocycles. The summed E-state index contributed by atoms with van der Waals surface area (Å²) >= 11 is 0. The van der Waals surface area contributed by atoms with Crippen LogP contribution in [0.5, 0.6) is 0 Å². The zero-order valence-corrected chi connectivity index (χ0v) is 15.8. The van der Waals surface area contributed by atoms with Gasteiger partial charge in [0.25, 0.3) is 5.91 Å². The van der Waals surface area contributed by atoms with Gasteiger partial charge < -0.3 is 11.1 Å². The Morgan fingerprint density at radius 3 is 2.45 bits per heavy atom. The lowest BCUT2D eigenvalue weighted by molar-refractivity contribution is 0.0962. The number of hydrogen-bond acceptors (Lipinski definition) is 6. The molecule has 0 bridgehead atoms. The van der Waals surface area contributed by atoms with Gasteiger partial charge in [0.05, 0.1) is 0 Å². The summed E-state index contributed by atoms with van der Waals surface area (Å²) in [5, 5.41) is 5.41. The van der Waals surface area contributed by atoms with E-state index >= 15 is 0 Å². The molecule has 1 amide bonds. The van der Waals surface area contributed by atoms with Crippen LogP contribution in [0.15, 0.2) is 73.1 Å². The first-order chi connectivity index (χ1) is 14.1. The Bertz CT molecular complexity index is 1170. The molecule has 0 saturated heterocycles. The number of aromatic nitrogens is 2. The summed E-state index contributed by atoms with van der Waals surface area (Å²) in [5.74, 6) is 0.471. The quantitative estimate of drug-likeness (QED) is 0.387. The molecule has 0 aliphatic carbocycles. The van der Waals surface area contributed by atoms with E-state index in [2.05, 4.69) is 26.1 Å². The predicted molar refractivity (Wildman–Crippen MR) is 116 cm³/mol. The van der Waals surface area contributed by atoms with Gasteiger partial charge in [-0.2, -0.15) is 0 Å². The Labute approximate surface area is 168 Å². The van der Waals surface area contributed by atoms with Crippen molar-refractivity contribution in [1.29, 1.82) is 0 Å². The molecular formula is C22H20N6O. The molecule has 29 heavy (non-hydrogen) atoms. The number of amides is 1. The molecule has 144 valence electrons. The number of nitrogens with one attached hydrogen (secondary N) is 3. The Balaban J connectivity index is 1.53. The standard InChI is InChI=1S/C22H20N6O/c1-14-9-11-16(12-10-14)22(29)28-27-21-19(23)20(24-13-25-21)26-18-8-4-6-15-5-2-3-7-17(15)18/h2-13H,23H2,1H3,(H,28,29)(H2,24,25,26,27). The largest absolute Gasteiger partial charge is 0.393 e. The number of carbonyl (C=O) groups excluding carboxylic acids is 1. The highest BCUT2D eigenvalue weighted by atomic mass is 16.2. The van der Waals surface area contributed by atoms with Gasteiger partial charge in [-0.25, -0.2) is 9.97 Å². The van der Waals surface area contributed by atoms with Crippen LogP contribution in [0.2, 0.25) is 0 Å². The van der Waals surface area contributed by atoms with Crippen LogP contribution in [0, 0.1) is 6.92 Å². The first kappa shape index (κ1) is 18.2. The Morgan fingerprint density at radius 2 is 1.62 bits per heavy atom. The van der Waals surface area contributed by atoms with Gasteiger partial charge in [-0.05, 0) is 30.5 Å². The second-order valence-corrected chi connectivity index (χ2v) is 6.58. The molecule has 1 aromatic heterocycles. The number of aryl methyl sites for hydroxylation is 1. The molecule has 7 nitrogen and oxygen atoms in total. The summed E-state index contributed by atoms with van der Waals surface area (Å²) in [5.41, 5.74) is 14.4. The van der Waals surface area contributed by atoms with Crippen molar-refractivity contribution in [2.24, 2.45) is 0 Å². The highest BCUT2D eigenvalue weighted by molar-refractivity contribution is 5.97. The first-order valence-corrected chi connectivity index (χ1v) is 9.10. The third-order valence-electron chi connectivity index (χ3n) is 4.53. The number of anilines is 4. The third kappa shape index (κ3) is 3.93. The van der Waals surface area contributed by atoms with E-state index in [0.717, 1.165) is 22.0 Å². The Kier molecular flexibility index (Phi) is 4.94. The number of nitrogen functional groups attached to an aromatic ring is 1. The predicted octanol–water partition coefficient (Wildman–Crippen LogP) is 4.02. The monoisotopic (exact) mass is 384 g/mol. The van der Waals surface area contributed by atoms with Crippen molar-refractivity contribution in [3.8, 4) is 0 Å². The normalized spacial score (nSPS) is 10.5. The summed E-state index contributed by atoms with van der Waals surface area (Å²) < 4.78 is 0. The van der Waals surface area contributed by atoms with Crippen molar-refractivity contribution >= 4 is 39.7 Å². The van der Waals surface area contributed by atoms with Crippen LogP contribution in [0.1, 0.15) is 15.9 Å². The molecule has 0 fully saturated rings. The van der Waals surface area contributed by atoms with E-state index in [1.165, 1.54) is 6.33 Å².